The third-order valence-electron chi connectivity index (χ3n) is 5.49. The van der Waals surface area contributed by atoms with Crippen LogP contribution in [0.15, 0.2) is 67.4 Å². The summed E-state index contributed by atoms with van der Waals surface area (Å²) in [6.45, 7) is 4.76. The van der Waals surface area contributed by atoms with Crippen LogP contribution in [0.4, 0.5) is 11.6 Å². The summed E-state index contributed by atoms with van der Waals surface area (Å²) in [4.78, 5) is 13.5. The van der Waals surface area contributed by atoms with E-state index in [9.17, 15) is 0 Å². The molecule has 5 heterocycles. The van der Waals surface area contributed by atoms with Gasteiger partial charge < -0.3 is 10.4 Å². The Labute approximate surface area is 196 Å². The number of rotatable bonds is 7. The van der Waals surface area contributed by atoms with Crippen LogP contribution in [-0.2, 0) is 13.2 Å². The molecule has 0 amide bonds. The Balaban J connectivity index is 1.36. The van der Waals surface area contributed by atoms with Crippen molar-refractivity contribution in [2.24, 2.45) is 0 Å². The lowest BCUT2D eigenvalue weighted by Crippen LogP contribution is -2.01. The Hall–Kier alpha value is -4.24. The molecule has 0 saturated heterocycles. The Morgan fingerprint density at radius 3 is 2.62 bits per heavy atom. The quantitative estimate of drug-likeness (QED) is 0.380. The van der Waals surface area contributed by atoms with Crippen LogP contribution in [0.25, 0.3) is 22.2 Å². The topological polar surface area (TPSA) is 115 Å². The first-order valence-electron chi connectivity index (χ1n) is 11.0. The molecule has 0 aromatic carbocycles. The predicted octanol–water partition coefficient (Wildman–Crippen LogP) is 4.09. The minimum atomic E-state index is -0.0653. The lowest BCUT2D eigenvalue weighted by Gasteiger charge is -2.09. The van der Waals surface area contributed by atoms with Crippen molar-refractivity contribution in [2.75, 3.05) is 5.32 Å². The molecule has 0 spiro atoms. The fourth-order valence-electron chi connectivity index (χ4n) is 3.55. The SMILES string of the molecule is CC(C)c1cnnc(Nc2ccc3ncc(-c4cnn(Cc5ccc(CO)nc5)c4)cc3n2)c1. The summed E-state index contributed by atoms with van der Waals surface area (Å²) in [5, 5.41) is 25.1. The van der Waals surface area contributed by atoms with Gasteiger partial charge in [0.15, 0.2) is 5.82 Å². The fraction of sp³-hybridized carbons (Fsp3) is 0.200. The van der Waals surface area contributed by atoms with E-state index < -0.39 is 0 Å². The van der Waals surface area contributed by atoms with Crippen LogP contribution in [0, 0.1) is 0 Å². The van der Waals surface area contributed by atoms with E-state index >= 15 is 0 Å². The highest BCUT2D eigenvalue weighted by atomic mass is 16.3. The Morgan fingerprint density at radius 2 is 1.82 bits per heavy atom. The van der Waals surface area contributed by atoms with E-state index in [1.807, 2.05) is 59.7 Å². The molecular weight excluding hydrogens is 428 g/mol. The van der Waals surface area contributed by atoms with E-state index in [0.717, 1.165) is 33.3 Å². The minimum Gasteiger partial charge on any atom is -0.390 e. The van der Waals surface area contributed by atoms with E-state index in [2.05, 4.69) is 44.4 Å². The van der Waals surface area contributed by atoms with Crippen molar-refractivity contribution in [1.82, 2.24) is 34.9 Å². The summed E-state index contributed by atoms with van der Waals surface area (Å²) in [5.41, 5.74) is 6.22. The molecule has 0 atom stereocenters. The Morgan fingerprint density at radius 1 is 0.912 bits per heavy atom. The van der Waals surface area contributed by atoms with Gasteiger partial charge in [0.25, 0.3) is 0 Å². The molecule has 0 saturated carbocycles. The number of nitrogens with one attached hydrogen (secondary N) is 1. The Kier molecular flexibility index (Phi) is 5.92. The first kappa shape index (κ1) is 21.6. The van der Waals surface area contributed by atoms with Crippen molar-refractivity contribution in [3.8, 4) is 11.1 Å². The molecule has 0 bridgehead atoms. The van der Waals surface area contributed by atoms with Gasteiger partial charge in [-0.25, -0.2) is 4.98 Å². The highest BCUT2D eigenvalue weighted by molar-refractivity contribution is 5.81. The van der Waals surface area contributed by atoms with Crippen molar-refractivity contribution in [1.29, 1.82) is 0 Å². The van der Waals surface area contributed by atoms with Gasteiger partial charge in [-0.1, -0.05) is 19.9 Å². The van der Waals surface area contributed by atoms with Gasteiger partial charge in [-0.3, -0.25) is 14.6 Å². The zero-order valence-corrected chi connectivity index (χ0v) is 18.9. The van der Waals surface area contributed by atoms with Crippen LogP contribution < -0.4 is 5.32 Å². The molecule has 0 radical (unpaired) electrons. The number of fused-ring (bicyclic) bond motifs is 1. The first-order valence-corrected chi connectivity index (χ1v) is 11.0. The highest BCUT2D eigenvalue weighted by Gasteiger charge is 2.08. The van der Waals surface area contributed by atoms with Crippen LogP contribution in [-0.4, -0.2) is 40.0 Å². The maximum Gasteiger partial charge on any atom is 0.154 e. The van der Waals surface area contributed by atoms with Crippen molar-refractivity contribution in [3.05, 3.63) is 84.2 Å². The van der Waals surface area contributed by atoms with Gasteiger partial charge in [0.05, 0.1) is 42.3 Å². The van der Waals surface area contributed by atoms with Gasteiger partial charge in [0.1, 0.15) is 5.82 Å². The van der Waals surface area contributed by atoms with Gasteiger partial charge >= 0.3 is 0 Å². The molecule has 34 heavy (non-hydrogen) atoms. The van der Waals surface area contributed by atoms with Crippen LogP contribution >= 0.6 is 0 Å². The van der Waals surface area contributed by atoms with Crippen molar-refractivity contribution < 1.29 is 5.11 Å². The molecule has 170 valence electrons. The molecular formula is C25H24N8O. The van der Waals surface area contributed by atoms with Crippen LogP contribution in [0.2, 0.25) is 0 Å². The number of pyridine rings is 3. The number of aliphatic hydroxyl groups excluding tert-OH is 1. The molecule has 0 aliphatic heterocycles. The monoisotopic (exact) mass is 452 g/mol. The van der Waals surface area contributed by atoms with E-state index in [1.165, 1.54) is 0 Å². The van der Waals surface area contributed by atoms with Crippen LogP contribution in [0.3, 0.4) is 0 Å². The van der Waals surface area contributed by atoms with E-state index in [-0.39, 0.29) is 6.61 Å². The summed E-state index contributed by atoms with van der Waals surface area (Å²) in [5.74, 6) is 1.70. The van der Waals surface area contributed by atoms with Gasteiger partial charge in [0.2, 0.25) is 0 Å². The van der Waals surface area contributed by atoms with Crippen LogP contribution in [0.5, 0.6) is 0 Å². The maximum atomic E-state index is 9.14. The minimum absolute atomic E-state index is 0.0653. The molecule has 2 N–H and O–H groups in total. The first-order chi connectivity index (χ1) is 16.6. The Bertz CT molecular complexity index is 1430. The molecule has 0 aliphatic carbocycles. The average molecular weight is 453 g/mol. The van der Waals surface area contributed by atoms with Gasteiger partial charge in [-0.05, 0) is 47.4 Å². The largest absolute Gasteiger partial charge is 0.390 e. The summed E-state index contributed by atoms with van der Waals surface area (Å²) in [7, 11) is 0. The van der Waals surface area contributed by atoms with Crippen molar-refractivity contribution >= 4 is 22.7 Å². The van der Waals surface area contributed by atoms with Crippen molar-refractivity contribution in [3.63, 3.8) is 0 Å². The second-order valence-electron chi connectivity index (χ2n) is 8.36. The van der Waals surface area contributed by atoms with Gasteiger partial charge in [0, 0.05) is 29.7 Å². The highest BCUT2D eigenvalue weighted by Crippen LogP contribution is 2.24. The van der Waals surface area contributed by atoms with E-state index in [0.29, 0.717) is 29.8 Å². The summed E-state index contributed by atoms with van der Waals surface area (Å²) >= 11 is 0. The molecule has 0 unspecified atom stereocenters. The predicted molar refractivity (Wildman–Crippen MR) is 129 cm³/mol. The zero-order chi connectivity index (χ0) is 23.5. The molecule has 5 rings (SSSR count). The third-order valence-corrected chi connectivity index (χ3v) is 5.49. The average Bonchev–Trinajstić information content (AvgIpc) is 3.33. The van der Waals surface area contributed by atoms with Crippen molar-refractivity contribution in [2.45, 2.75) is 32.9 Å². The lowest BCUT2D eigenvalue weighted by atomic mass is 10.1. The number of nitrogens with zero attached hydrogens (tertiary/aromatic N) is 7. The molecule has 5 aromatic rings. The normalized spacial score (nSPS) is 11.3. The summed E-state index contributed by atoms with van der Waals surface area (Å²) in [6.07, 6.45) is 9.14. The molecule has 0 fully saturated rings. The van der Waals surface area contributed by atoms with E-state index in [1.54, 1.807) is 12.4 Å². The number of hydrogen-bond donors (Lipinski definition) is 2. The number of aliphatic hydroxyl groups is 1. The molecule has 9 nitrogen and oxygen atoms in total. The van der Waals surface area contributed by atoms with E-state index in [4.69, 9.17) is 10.1 Å². The number of anilines is 2. The molecule has 0 aliphatic rings. The fourth-order valence-corrected chi connectivity index (χ4v) is 3.55. The zero-order valence-electron chi connectivity index (χ0n) is 18.9. The standard InChI is InChI=1S/C25H24N8O/c1-16(2)18-8-25(32-28-11-18)31-24-6-5-22-23(30-24)7-19(10-27-22)20-12-29-33(14-20)13-17-3-4-21(15-34)26-9-17/h3-12,14,16,34H,13,15H2,1-2H3,(H,30,31,32). The summed E-state index contributed by atoms with van der Waals surface area (Å²) < 4.78 is 1.85. The lowest BCUT2D eigenvalue weighted by molar-refractivity contribution is 0.277. The second-order valence-corrected chi connectivity index (χ2v) is 8.36. The third kappa shape index (κ3) is 4.74. The van der Waals surface area contributed by atoms with Crippen LogP contribution in [0.1, 0.15) is 36.6 Å². The second kappa shape index (κ2) is 9.32. The van der Waals surface area contributed by atoms with Gasteiger partial charge in [-0.15, -0.1) is 5.10 Å². The number of hydrogen-bond acceptors (Lipinski definition) is 8. The summed E-state index contributed by atoms with van der Waals surface area (Å²) in [6, 6.07) is 11.6. The number of aromatic nitrogens is 7. The molecule has 9 heteroatoms. The van der Waals surface area contributed by atoms with Gasteiger partial charge in [-0.2, -0.15) is 10.2 Å². The smallest absolute Gasteiger partial charge is 0.154 e. The molecule has 5 aromatic heterocycles. The maximum absolute atomic E-state index is 9.14.